The monoisotopic (exact) mass is 509 g/mol. The van der Waals surface area contributed by atoms with E-state index in [0.717, 1.165) is 11.8 Å². The van der Waals surface area contributed by atoms with Crippen LogP contribution in [-0.2, 0) is 0 Å². The van der Waals surface area contributed by atoms with Crippen LogP contribution < -0.4 is 0 Å². The van der Waals surface area contributed by atoms with Gasteiger partial charge in [-0.3, -0.25) is 9.80 Å². The molecule has 0 bridgehead atoms. The summed E-state index contributed by atoms with van der Waals surface area (Å²) < 4.78 is 0. The van der Waals surface area contributed by atoms with Crippen LogP contribution in [0.5, 0.6) is 0 Å². The van der Waals surface area contributed by atoms with Gasteiger partial charge in [0.2, 0.25) is 0 Å². The zero-order valence-electron chi connectivity index (χ0n) is 27.1. The average Bonchev–Trinajstić information content (AvgIpc) is 2.83. The van der Waals surface area contributed by atoms with Crippen molar-refractivity contribution in [3.05, 3.63) is 0 Å². The highest BCUT2D eigenvalue weighted by molar-refractivity contribution is 4.82. The van der Waals surface area contributed by atoms with Gasteiger partial charge in [-0.05, 0) is 124 Å². The third-order valence-electron chi connectivity index (χ3n) is 9.17. The van der Waals surface area contributed by atoms with Crippen molar-refractivity contribution in [3.8, 4) is 0 Å². The molecule has 3 saturated heterocycles. The van der Waals surface area contributed by atoms with E-state index >= 15 is 0 Å². The maximum Gasteiger partial charge on any atom is 0.0126 e. The van der Waals surface area contributed by atoms with Gasteiger partial charge in [-0.1, -0.05) is 48.0 Å². The summed E-state index contributed by atoms with van der Waals surface area (Å²) in [6.07, 6.45) is 6.99. The average molecular weight is 509 g/mol. The first-order valence-corrected chi connectivity index (χ1v) is 15.6. The zero-order chi connectivity index (χ0) is 27.6. The van der Waals surface area contributed by atoms with Gasteiger partial charge in [-0.2, -0.15) is 0 Å². The molecule has 0 unspecified atom stereocenters. The van der Waals surface area contributed by atoms with E-state index in [1.54, 1.807) is 0 Å². The molecular weight excluding hydrogens is 440 g/mol. The minimum Gasteiger partial charge on any atom is -0.304 e. The molecule has 0 aromatic carbocycles. The predicted molar refractivity (Wildman–Crippen MR) is 162 cm³/mol. The second-order valence-electron chi connectivity index (χ2n) is 14.7. The van der Waals surface area contributed by atoms with Gasteiger partial charge in [-0.15, -0.1) is 0 Å². The molecule has 0 radical (unpaired) electrons. The number of rotatable bonds is 3. The van der Waals surface area contributed by atoms with Crippen molar-refractivity contribution < 1.29 is 0 Å². The fourth-order valence-corrected chi connectivity index (χ4v) is 5.86. The highest BCUT2D eigenvalue weighted by Crippen LogP contribution is 2.34. The van der Waals surface area contributed by atoms with E-state index in [1.807, 2.05) is 0 Å². The van der Waals surface area contributed by atoms with Crippen LogP contribution >= 0.6 is 0 Å². The Morgan fingerprint density at radius 1 is 0.500 bits per heavy atom. The van der Waals surface area contributed by atoms with Crippen molar-refractivity contribution in [1.82, 2.24) is 19.6 Å². The van der Waals surface area contributed by atoms with Gasteiger partial charge < -0.3 is 9.80 Å². The van der Waals surface area contributed by atoms with Gasteiger partial charge in [0.25, 0.3) is 0 Å². The first-order chi connectivity index (χ1) is 16.6. The van der Waals surface area contributed by atoms with Crippen LogP contribution in [0, 0.1) is 17.3 Å². The quantitative estimate of drug-likeness (QED) is 0.403. The summed E-state index contributed by atoms with van der Waals surface area (Å²) >= 11 is 0. The lowest BCUT2D eigenvalue weighted by molar-refractivity contribution is 0.0648. The van der Waals surface area contributed by atoms with Gasteiger partial charge in [0, 0.05) is 37.3 Å². The minimum atomic E-state index is 0.361. The SMILES string of the molecule is CCC1CCN(C(C)(C)C)CC1.CCN1CCC(C(C)(C)C)CC1.CCN1CCN(C(C)(C)C)CC1. The van der Waals surface area contributed by atoms with Crippen molar-refractivity contribution in [2.75, 3.05) is 65.4 Å². The Labute approximate surface area is 228 Å². The van der Waals surface area contributed by atoms with Crippen LogP contribution in [0.3, 0.4) is 0 Å². The van der Waals surface area contributed by atoms with E-state index in [1.165, 1.54) is 97.6 Å². The largest absolute Gasteiger partial charge is 0.304 e. The standard InChI is InChI=1S/2C11H23N.C10H22N2/c1-5-12-8-6-10(7-9-12)11(2,3)4;1-5-10-6-8-12(9-7-10)11(2,3)4;1-5-11-6-8-12(9-7-11)10(2,3)4/h2*10H,5-9H2,1-4H3;5-9H2,1-4H3. The third kappa shape index (κ3) is 12.6. The van der Waals surface area contributed by atoms with Crippen molar-refractivity contribution in [3.63, 3.8) is 0 Å². The zero-order valence-corrected chi connectivity index (χ0v) is 27.1. The number of nitrogens with zero attached hydrogens (tertiary/aromatic N) is 4. The number of likely N-dealkylation sites (tertiary alicyclic amines) is 2. The Hall–Kier alpha value is -0.160. The molecule has 0 N–H and O–H groups in total. The Bertz CT molecular complexity index is 463. The van der Waals surface area contributed by atoms with Crippen LogP contribution in [0.25, 0.3) is 0 Å². The molecule has 0 saturated carbocycles. The number of hydrogen-bond donors (Lipinski definition) is 0. The van der Waals surface area contributed by atoms with Crippen LogP contribution in [0.4, 0.5) is 0 Å². The predicted octanol–water partition coefficient (Wildman–Crippen LogP) is 7.09. The molecule has 36 heavy (non-hydrogen) atoms. The van der Waals surface area contributed by atoms with Crippen molar-refractivity contribution >= 4 is 0 Å². The highest BCUT2D eigenvalue weighted by atomic mass is 15.3. The topological polar surface area (TPSA) is 13.0 Å². The van der Waals surface area contributed by atoms with Crippen molar-refractivity contribution in [2.24, 2.45) is 17.3 Å². The first kappa shape index (κ1) is 33.9. The smallest absolute Gasteiger partial charge is 0.0126 e. The molecule has 3 rings (SSSR count). The summed E-state index contributed by atoms with van der Waals surface area (Å²) in [5.74, 6) is 1.95. The second-order valence-corrected chi connectivity index (χ2v) is 14.7. The van der Waals surface area contributed by atoms with Crippen LogP contribution in [0.15, 0.2) is 0 Å². The maximum atomic E-state index is 2.61. The Morgan fingerprint density at radius 2 is 0.889 bits per heavy atom. The molecule has 4 heteroatoms. The number of piperidine rings is 2. The molecule has 3 heterocycles. The fourth-order valence-electron chi connectivity index (χ4n) is 5.86. The Kier molecular flexibility index (Phi) is 14.5. The van der Waals surface area contributed by atoms with Gasteiger partial charge in [0.15, 0.2) is 0 Å². The highest BCUT2D eigenvalue weighted by Gasteiger charge is 2.28. The third-order valence-corrected chi connectivity index (χ3v) is 9.17. The molecule has 4 nitrogen and oxygen atoms in total. The molecule has 0 aromatic rings. The van der Waals surface area contributed by atoms with Crippen LogP contribution in [0.1, 0.15) is 115 Å². The molecule has 0 aliphatic carbocycles. The van der Waals surface area contributed by atoms with Gasteiger partial charge in [0.05, 0.1) is 0 Å². The number of likely N-dealkylation sites (N-methyl/N-ethyl adjacent to an activating group) is 1. The van der Waals surface area contributed by atoms with Crippen molar-refractivity contribution in [1.29, 1.82) is 0 Å². The Balaban J connectivity index is 0.000000270. The summed E-state index contributed by atoms with van der Waals surface area (Å²) in [4.78, 5) is 10.3. The normalized spacial score (nSPS) is 23.0. The number of piperazine rings is 1. The molecule has 3 aliphatic heterocycles. The van der Waals surface area contributed by atoms with E-state index in [9.17, 15) is 0 Å². The van der Waals surface area contributed by atoms with Crippen LogP contribution in [-0.4, -0.2) is 96.1 Å². The molecular formula is C32H68N4. The molecule has 3 aliphatic rings. The summed E-state index contributed by atoms with van der Waals surface area (Å²) in [6.45, 7) is 40.4. The van der Waals surface area contributed by atoms with E-state index in [0.29, 0.717) is 16.5 Å². The van der Waals surface area contributed by atoms with Gasteiger partial charge in [-0.25, -0.2) is 0 Å². The molecule has 216 valence electrons. The minimum absolute atomic E-state index is 0.361. The van der Waals surface area contributed by atoms with Gasteiger partial charge >= 0.3 is 0 Å². The number of hydrogen-bond acceptors (Lipinski definition) is 4. The second kappa shape index (κ2) is 15.4. The summed E-state index contributed by atoms with van der Waals surface area (Å²) in [5.41, 5.74) is 1.28. The molecule has 0 atom stereocenters. The summed E-state index contributed by atoms with van der Waals surface area (Å²) in [6, 6.07) is 0. The van der Waals surface area contributed by atoms with Crippen LogP contribution in [0.2, 0.25) is 0 Å². The van der Waals surface area contributed by atoms with Crippen molar-refractivity contribution in [2.45, 2.75) is 126 Å². The lowest BCUT2D eigenvalue weighted by atomic mass is 9.75. The lowest BCUT2D eigenvalue weighted by Gasteiger charge is -2.42. The molecule has 3 fully saturated rings. The van der Waals surface area contributed by atoms with E-state index in [4.69, 9.17) is 0 Å². The lowest BCUT2D eigenvalue weighted by Crippen LogP contribution is -2.53. The molecule has 0 amide bonds. The molecule has 0 spiro atoms. The summed E-state index contributed by atoms with van der Waals surface area (Å²) in [7, 11) is 0. The summed E-state index contributed by atoms with van der Waals surface area (Å²) in [5, 5.41) is 0. The van der Waals surface area contributed by atoms with E-state index in [-0.39, 0.29) is 0 Å². The fraction of sp³-hybridized carbons (Fsp3) is 1.00. The first-order valence-electron chi connectivity index (χ1n) is 15.6. The van der Waals surface area contributed by atoms with Gasteiger partial charge in [0.1, 0.15) is 0 Å². The maximum absolute atomic E-state index is 2.61. The Morgan fingerprint density at radius 3 is 1.22 bits per heavy atom. The van der Waals surface area contributed by atoms with E-state index in [2.05, 4.69) is 103 Å². The molecule has 0 aromatic heterocycles. The van der Waals surface area contributed by atoms with E-state index < -0.39 is 0 Å².